The predicted molar refractivity (Wildman–Crippen MR) is 101 cm³/mol. The second-order valence-corrected chi connectivity index (χ2v) is 6.92. The molecule has 2 aromatic rings. The van der Waals surface area contributed by atoms with Crippen molar-refractivity contribution in [1.82, 2.24) is 4.90 Å². The maximum absolute atomic E-state index is 12.9. The van der Waals surface area contributed by atoms with E-state index in [1.165, 1.54) is 6.07 Å². The number of carbonyl (C=O) groups excluding carboxylic acids is 1. The number of halogens is 4. The Morgan fingerprint density at radius 1 is 1.04 bits per heavy atom. The number of piperazine rings is 1. The number of hydrogen-bond acceptors (Lipinski definition) is 3. The molecule has 150 valence electrons. The number of rotatable bonds is 5. The Balaban J connectivity index is 1.52. The van der Waals surface area contributed by atoms with Crippen molar-refractivity contribution < 1.29 is 22.7 Å². The van der Waals surface area contributed by atoms with Gasteiger partial charge in [-0.1, -0.05) is 41.9 Å². The number of hydrogen-bond donors (Lipinski definition) is 0. The molecule has 0 radical (unpaired) electrons. The van der Waals surface area contributed by atoms with Gasteiger partial charge in [-0.3, -0.25) is 4.79 Å². The molecule has 0 unspecified atom stereocenters. The van der Waals surface area contributed by atoms with Crippen LogP contribution in [0.15, 0.2) is 48.5 Å². The van der Waals surface area contributed by atoms with Gasteiger partial charge >= 0.3 is 6.18 Å². The van der Waals surface area contributed by atoms with E-state index in [-0.39, 0.29) is 17.5 Å². The summed E-state index contributed by atoms with van der Waals surface area (Å²) in [4.78, 5) is 15.7. The highest BCUT2D eigenvalue weighted by Gasteiger charge is 2.32. The molecule has 0 spiro atoms. The quantitative estimate of drug-likeness (QED) is 0.737. The molecular formula is C20H20ClF3N2O2. The van der Waals surface area contributed by atoms with Crippen LogP contribution in [0, 0.1) is 0 Å². The lowest BCUT2D eigenvalue weighted by atomic mass is 10.1. The Labute approximate surface area is 166 Å². The maximum atomic E-state index is 12.9. The van der Waals surface area contributed by atoms with Gasteiger partial charge in [0.25, 0.3) is 0 Å². The lowest BCUT2D eigenvalue weighted by Crippen LogP contribution is -2.49. The van der Waals surface area contributed by atoms with Crippen LogP contribution in [0.3, 0.4) is 0 Å². The number of ether oxygens (including phenoxy) is 1. The lowest BCUT2D eigenvalue weighted by molar-refractivity contribution is -0.137. The first-order chi connectivity index (χ1) is 13.3. The third-order valence-corrected chi connectivity index (χ3v) is 4.90. The largest absolute Gasteiger partial charge is 0.416 e. The lowest BCUT2D eigenvalue weighted by Gasteiger charge is -2.36. The van der Waals surface area contributed by atoms with Crippen molar-refractivity contribution in [3.63, 3.8) is 0 Å². The van der Waals surface area contributed by atoms with E-state index in [2.05, 4.69) is 0 Å². The Bertz CT molecular complexity index is 807. The van der Waals surface area contributed by atoms with Crippen molar-refractivity contribution in [2.24, 2.45) is 0 Å². The highest BCUT2D eigenvalue weighted by molar-refractivity contribution is 6.33. The minimum absolute atomic E-state index is 0.0286. The van der Waals surface area contributed by atoms with E-state index in [9.17, 15) is 18.0 Å². The number of benzene rings is 2. The van der Waals surface area contributed by atoms with Gasteiger partial charge in [-0.2, -0.15) is 13.2 Å². The fourth-order valence-electron chi connectivity index (χ4n) is 3.05. The number of anilines is 1. The molecule has 4 nitrogen and oxygen atoms in total. The monoisotopic (exact) mass is 412 g/mol. The third-order valence-electron chi connectivity index (χ3n) is 4.58. The topological polar surface area (TPSA) is 32.8 Å². The fourth-order valence-corrected chi connectivity index (χ4v) is 3.29. The zero-order valence-electron chi connectivity index (χ0n) is 15.1. The summed E-state index contributed by atoms with van der Waals surface area (Å²) in [7, 11) is 0. The first kappa shape index (κ1) is 20.5. The summed E-state index contributed by atoms with van der Waals surface area (Å²) >= 11 is 6.10. The summed E-state index contributed by atoms with van der Waals surface area (Å²) in [6.45, 7) is 1.95. The molecule has 0 aromatic heterocycles. The van der Waals surface area contributed by atoms with Gasteiger partial charge in [-0.05, 0) is 23.8 Å². The zero-order chi connectivity index (χ0) is 20.1. The highest BCUT2D eigenvalue weighted by Crippen LogP contribution is 2.35. The molecule has 1 aliphatic rings. The minimum Gasteiger partial charge on any atom is -0.367 e. The minimum atomic E-state index is -4.42. The Morgan fingerprint density at radius 3 is 2.36 bits per heavy atom. The molecule has 1 aliphatic heterocycles. The zero-order valence-corrected chi connectivity index (χ0v) is 15.8. The normalized spacial score (nSPS) is 15.0. The van der Waals surface area contributed by atoms with Gasteiger partial charge in [0.1, 0.15) is 6.61 Å². The summed E-state index contributed by atoms with van der Waals surface area (Å²) in [6, 6.07) is 12.8. The van der Waals surface area contributed by atoms with Crippen LogP contribution in [-0.4, -0.2) is 43.6 Å². The Morgan fingerprint density at radius 2 is 1.71 bits per heavy atom. The second-order valence-electron chi connectivity index (χ2n) is 6.51. The maximum Gasteiger partial charge on any atom is 0.416 e. The Kier molecular flexibility index (Phi) is 6.46. The van der Waals surface area contributed by atoms with Crippen LogP contribution in [0.4, 0.5) is 18.9 Å². The van der Waals surface area contributed by atoms with Crippen molar-refractivity contribution in [3.8, 4) is 0 Å². The Hall–Kier alpha value is -2.25. The predicted octanol–water partition coefficient (Wildman–Crippen LogP) is 4.22. The molecule has 1 amide bonds. The summed E-state index contributed by atoms with van der Waals surface area (Å²) in [5, 5.41) is 0.263. The molecule has 2 aromatic carbocycles. The van der Waals surface area contributed by atoms with Crippen LogP contribution in [-0.2, 0) is 22.3 Å². The van der Waals surface area contributed by atoms with Crippen LogP contribution in [0.1, 0.15) is 11.1 Å². The molecule has 8 heteroatoms. The van der Waals surface area contributed by atoms with E-state index < -0.39 is 11.7 Å². The van der Waals surface area contributed by atoms with Gasteiger partial charge < -0.3 is 14.5 Å². The molecule has 0 bridgehead atoms. The highest BCUT2D eigenvalue weighted by atomic mass is 35.5. The van der Waals surface area contributed by atoms with Crippen molar-refractivity contribution in [1.29, 1.82) is 0 Å². The van der Waals surface area contributed by atoms with Crippen molar-refractivity contribution in [2.75, 3.05) is 37.7 Å². The van der Waals surface area contributed by atoms with Crippen LogP contribution >= 0.6 is 11.6 Å². The van der Waals surface area contributed by atoms with E-state index in [0.717, 1.165) is 17.7 Å². The standard InChI is InChI=1S/C20H20ClF3N2O2/c21-17-7-6-16(20(22,23)24)12-18(17)25-8-10-26(11-9-25)19(27)14-28-13-15-4-2-1-3-5-15/h1-7,12H,8-11,13-14H2. The van der Waals surface area contributed by atoms with E-state index in [4.69, 9.17) is 16.3 Å². The number of carbonyl (C=O) groups is 1. The smallest absolute Gasteiger partial charge is 0.367 e. The van der Waals surface area contributed by atoms with Crippen LogP contribution in [0.2, 0.25) is 5.02 Å². The molecule has 0 atom stereocenters. The van der Waals surface area contributed by atoms with E-state index in [1.807, 2.05) is 30.3 Å². The average Bonchev–Trinajstić information content (AvgIpc) is 2.68. The van der Waals surface area contributed by atoms with Gasteiger partial charge in [0.2, 0.25) is 5.91 Å². The molecule has 1 saturated heterocycles. The van der Waals surface area contributed by atoms with E-state index in [0.29, 0.717) is 38.5 Å². The second kappa shape index (κ2) is 8.84. The molecule has 28 heavy (non-hydrogen) atoms. The molecule has 0 aliphatic carbocycles. The first-order valence-corrected chi connectivity index (χ1v) is 9.23. The summed E-state index contributed by atoms with van der Waals surface area (Å²) in [5.74, 6) is -0.134. The fraction of sp³-hybridized carbons (Fsp3) is 0.350. The summed E-state index contributed by atoms with van der Waals surface area (Å²) < 4.78 is 44.3. The van der Waals surface area contributed by atoms with E-state index in [1.54, 1.807) is 9.80 Å². The summed E-state index contributed by atoms with van der Waals surface area (Å²) in [6.07, 6.45) is -4.42. The number of amides is 1. The molecule has 1 fully saturated rings. The van der Waals surface area contributed by atoms with Crippen LogP contribution < -0.4 is 4.90 Å². The molecule has 0 saturated carbocycles. The average molecular weight is 413 g/mol. The molecule has 0 N–H and O–H groups in total. The number of nitrogens with zero attached hydrogens (tertiary/aromatic N) is 2. The number of alkyl halides is 3. The first-order valence-electron chi connectivity index (χ1n) is 8.86. The van der Waals surface area contributed by atoms with Crippen molar-refractivity contribution in [3.05, 3.63) is 64.7 Å². The van der Waals surface area contributed by atoms with Gasteiger partial charge in [-0.25, -0.2) is 0 Å². The third kappa shape index (κ3) is 5.17. The van der Waals surface area contributed by atoms with Gasteiger partial charge in [0.15, 0.2) is 0 Å². The molecule has 1 heterocycles. The van der Waals surface area contributed by atoms with Crippen molar-refractivity contribution >= 4 is 23.2 Å². The van der Waals surface area contributed by atoms with E-state index >= 15 is 0 Å². The molecular weight excluding hydrogens is 393 g/mol. The van der Waals surface area contributed by atoms with Gasteiger partial charge in [0, 0.05) is 26.2 Å². The van der Waals surface area contributed by atoms with Gasteiger partial charge in [-0.15, -0.1) is 0 Å². The van der Waals surface area contributed by atoms with Gasteiger partial charge in [0.05, 0.1) is 22.9 Å². The molecule has 3 rings (SSSR count). The van der Waals surface area contributed by atoms with Crippen LogP contribution in [0.5, 0.6) is 0 Å². The summed E-state index contributed by atoms with van der Waals surface area (Å²) in [5.41, 5.74) is 0.586. The SMILES string of the molecule is O=C(COCc1ccccc1)N1CCN(c2cc(C(F)(F)F)ccc2Cl)CC1. The van der Waals surface area contributed by atoms with Crippen molar-refractivity contribution in [2.45, 2.75) is 12.8 Å². The van der Waals surface area contributed by atoms with Crippen LogP contribution in [0.25, 0.3) is 0 Å².